The second-order valence-corrected chi connectivity index (χ2v) is 9.23. The predicted molar refractivity (Wildman–Crippen MR) is 103 cm³/mol. The Morgan fingerprint density at radius 1 is 1.35 bits per heavy atom. The molecule has 1 saturated heterocycles. The Kier molecular flexibility index (Phi) is 5.86. The fraction of sp³-hybridized carbons (Fsp3) is 0.353. The highest BCUT2D eigenvalue weighted by Crippen LogP contribution is 2.30. The van der Waals surface area contributed by atoms with Crippen LogP contribution in [0.2, 0.25) is 5.02 Å². The van der Waals surface area contributed by atoms with Gasteiger partial charge in [-0.05, 0) is 48.6 Å². The number of ether oxygens (including phenoxy) is 1. The molecule has 9 heteroatoms. The molecule has 1 aromatic carbocycles. The third-order valence-electron chi connectivity index (χ3n) is 4.18. The van der Waals surface area contributed by atoms with Crippen molar-refractivity contribution in [3.05, 3.63) is 45.6 Å². The van der Waals surface area contributed by atoms with Crippen molar-refractivity contribution in [2.45, 2.75) is 23.8 Å². The van der Waals surface area contributed by atoms with E-state index < -0.39 is 10.0 Å². The highest BCUT2D eigenvalue weighted by atomic mass is 35.5. The Bertz CT molecular complexity index is 874. The first kappa shape index (κ1) is 19.2. The normalized spacial score (nSPS) is 17.2. The number of amides is 1. The zero-order valence-corrected chi connectivity index (χ0v) is 16.5. The molecule has 6 nitrogen and oxygen atoms in total. The SMILES string of the molecule is CN(c1ccsc1C(=O)NCC1CCCO1)S(=O)(=O)c1ccc(Cl)cc1. The van der Waals surface area contributed by atoms with Crippen LogP contribution in [0.25, 0.3) is 0 Å². The van der Waals surface area contributed by atoms with Gasteiger partial charge >= 0.3 is 0 Å². The average Bonchev–Trinajstić information content (AvgIpc) is 3.31. The lowest BCUT2D eigenvalue weighted by molar-refractivity contribution is 0.0861. The van der Waals surface area contributed by atoms with Gasteiger partial charge in [-0.15, -0.1) is 11.3 Å². The quantitative estimate of drug-likeness (QED) is 0.787. The minimum Gasteiger partial charge on any atom is -0.376 e. The Hall–Kier alpha value is -1.61. The van der Waals surface area contributed by atoms with Gasteiger partial charge in [0.05, 0.1) is 16.7 Å². The van der Waals surface area contributed by atoms with Crippen molar-refractivity contribution in [1.29, 1.82) is 0 Å². The number of thiophene rings is 1. The molecule has 26 heavy (non-hydrogen) atoms. The van der Waals surface area contributed by atoms with Crippen molar-refractivity contribution in [1.82, 2.24) is 5.32 Å². The van der Waals surface area contributed by atoms with Crippen LogP contribution in [-0.2, 0) is 14.8 Å². The van der Waals surface area contributed by atoms with E-state index in [0.717, 1.165) is 17.1 Å². The summed E-state index contributed by atoms with van der Waals surface area (Å²) in [5, 5.41) is 4.98. The number of rotatable bonds is 6. The van der Waals surface area contributed by atoms with Gasteiger partial charge in [0.15, 0.2) is 0 Å². The van der Waals surface area contributed by atoms with Crippen LogP contribution in [0.15, 0.2) is 40.6 Å². The van der Waals surface area contributed by atoms with Gasteiger partial charge in [-0.1, -0.05) is 11.6 Å². The van der Waals surface area contributed by atoms with E-state index in [1.807, 2.05) is 0 Å². The van der Waals surface area contributed by atoms with Gasteiger partial charge in [0.2, 0.25) is 0 Å². The zero-order valence-electron chi connectivity index (χ0n) is 14.1. The second-order valence-electron chi connectivity index (χ2n) is 5.91. The number of carbonyl (C=O) groups excluding carboxylic acids is 1. The van der Waals surface area contributed by atoms with E-state index >= 15 is 0 Å². The summed E-state index contributed by atoms with van der Waals surface area (Å²) < 4.78 is 32.2. The molecule has 1 amide bonds. The van der Waals surface area contributed by atoms with Crippen LogP contribution in [0.4, 0.5) is 5.69 Å². The van der Waals surface area contributed by atoms with Crippen LogP contribution in [0.3, 0.4) is 0 Å². The summed E-state index contributed by atoms with van der Waals surface area (Å²) >= 11 is 7.03. The molecule has 2 heterocycles. The fourth-order valence-corrected chi connectivity index (χ4v) is 4.94. The summed E-state index contributed by atoms with van der Waals surface area (Å²) in [6, 6.07) is 7.55. The maximum absolute atomic E-state index is 12.8. The zero-order chi connectivity index (χ0) is 18.7. The van der Waals surface area contributed by atoms with E-state index in [0.29, 0.717) is 28.7 Å². The number of benzene rings is 1. The van der Waals surface area contributed by atoms with Crippen molar-refractivity contribution in [2.24, 2.45) is 0 Å². The van der Waals surface area contributed by atoms with Crippen LogP contribution in [0.5, 0.6) is 0 Å². The van der Waals surface area contributed by atoms with Gasteiger partial charge in [0.1, 0.15) is 4.88 Å². The molecule has 1 fully saturated rings. The van der Waals surface area contributed by atoms with Crippen molar-refractivity contribution >= 4 is 44.6 Å². The molecule has 2 aromatic rings. The number of nitrogens with zero attached hydrogens (tertiary/aromatic N) is 1. The summed E-state index contributed by atoms with van der Waals surface area (Å²) in [7, 11) is -2.36. The molecule has 1 aliphatic rings. The van der Waals surface area contributed by atoms with Gasteiger partial charge in [-0.25, -0.2) is 8.42 Å². The Labute approximate surface area is 161 Å². The Morgan fingerprint density at radius 3 is 2.73 bits per heavy atom. The lowest BCUT2D eigenvalue weighted by Gasteiger charge is -2.20. The van der Waals surface area contributed by atoms with Gasteiger partial charge in [0, 0.05) is 25.2 Å². The Balaban J connectivity index is 1.77. The standard InChI is InChI=1S/C17H19ClN2O4S2/c1-20(26(22,23)14-6-4-12(18)5-7-14)15-8-10-25-16(15)17(21)19-11-13-3-2-9-24-13/h4-8,10,13H,2-3,9,11H2,1H3,(H,19,21). The molecule has 0 saturated carbocycles. The molecule has 140 valence electrons. The highest BCUT2D eigenvalue weighted by Gasteiger charge is 2.26. The van der Waals surface area contributed by atoms with E-state index in [2.05, 4.69) is 5.32 Å². The van der Waals surface area contributed by atoms with E-state index in [-0.39, 0.29) is 16.9 Å². The number of halogens is 1. The average molecular weight is 415 g/mol. The molecule has 3 rings (SSSR count). The molecule has 0 radical (unpaired) electrons. The lowest BCUT2D eigenvalue weighted by atomic mass is 10.2. The molecule has 0 spiro atoms. The van der Waals surface area contributed by atoms with Crippen molar-refractivity contribution in [3.63, 3.8) is 0 Å². The van der Waals surface area contributed by atoms with Gasteiger partial charge in [-0.2, -0.15) is 0 Å². The summed E-state index contributed by atoms with van der Waals surface area (Å²) in [6.07, 6.45) is 1.94. The number of carbonyl (C=O) groups is 1. The number of hydrogen-bond donors (Lipinski definition) is 1. The maximum atomic E-state index is 12.8. The number of anilines is 1. The van der Waals surface area contributed by atoms with E-state index in [9.17, 15) is 13.2 Å². The third-order valence-corrected chi connectivity index (χ3v) is 7.12. The number of hydrogen-bond acceptors (Lipinski definition) is 5. The van der Waals surface area contributed by atoms with Gasteiger partial charge in [-0.3, -0.25) is 9.10 Å². The van der Waals surface area contributed by atoms with E-state index in [1.165, 1.54) is 42.6 Å². The van der Waals surface area contributed by atoms with Crippen molar-refractivity contribution < 1.29 is 17.9 Å². The largest absolute Gasteiger partial charge is 0.376 e. The number of nitrogens with one attached hydrogen (secondary N) is 1. The maximum Gasteiger partial charge on any atom is 0.264 e. The molecular weight excluding hydrogens is 396 g/mol. The van der Waals surface area contributed by atoms with Crippen LogP contribution < -0.4 is 9.62 Å². The minimum absolute atomic E-state index is 0.0258. The first-order valence-electron chi connectivity index (χ1n) is 8.11. The van der Waals surface area contributed by atoms with Crippen LogP contribution in [0, 0.1) is 0 Å². The molecular formula is C17H19ClN2O4S2. The molecule has 1 aliphatic heterocycles. The number of sulfonamides is 1. The van der Waals surface area contributed by atoms with Crippen molar-refractivity contribution in [2.75, 3.05) is 24.5 Å². The third kappa shape index (κ3) is 4.03. The van der Waals surface area contributed by atoms with Crippen LogP contribution >= 0.6 is 22.9 Å². The smallest absolute Gasteiger partial charge is 0.264 e. The highest BCUT2D eigenvalue weighted by molar-refractivity contribution is 7.92. The minimum atomic E-state index is -3.79. The predicted octanol–water partition coefficient (Wildman–Crippen LogP) is 3.14. The molecule has 0 bridgehead atoms. The monoisotopic (exact) mass is 414 g/mol. The fourth-order valence-electron chi connectivity index (χ4n) is 2.71. The molecule has 1 unspecified atom stereocenters. The van der Waals surface area contributed by atoms with E-state index in [4.69, 9.17) is 16.3 Å². The van der Waals surface area contributed by atoms with E-state index in [1.54, 1.807) is 11.4 Å². The van der Waals surface area contributed by atoms with Gasteiger partial charge in [0.25, 0.3) is 15.9 Å². The first-order valence-corrected chi connectivity index (χ1v) is 10.8. The molecule has 0 aliphatic carbocycles. The Morgan fingerprint density at radius 2 is 2.08 bits per heavy atom. The van der Waals surface area contributed by atoms with Crippen LogP contribution in [-0.4, -0.2) is 40.6 Å². The summed E-state index contributed by atoms with van der Waals surface area (Å²) in [5.74, 6) is -0.302. The van der Waals surface area contributed by atoms with Crippen LogP contribution in [0.1, 0.15) is 22.5 Å². The molecule has 1 aromatic heterocycles. The second kappa shape index (κ2) is 7.96. The molecule has 1 N–H and O–H groups in total. The van der Waals surface area contributed by atoms with Crippen molar-refractivity contribution in [3.8, 4) is 0 Å². The molecule has 1 atom stereocenters. The summed E-state index contributed by atoms with van der Waals surface area (Å²) in [4.78, 5) is 13.0. The first-order chi connectivity index (χ1) is 12.4. The summed E-state index contributed by atoms with van der Waals surface area (Å²) in [5.41, 5.74) is 0.342. The van der Waals surface area contributed by atoms with Gasteiger partial charge < -0.3 is 10.1 Å². The lowest BCUT2D eigenvalue weighted by Crippen LogP contribution is -2.33. The summed E-state index contributed by atoms with van der Waals surface area (Å²) in [6.45, 7) is 1.14. The topological polar surface area (TPSA) is 75.7 Å².